The molecule has 2 amide bonds. The zero-order valence-electron chi connectivity index (χ0n) is 9.07. The molecule has 1 aliphatic rings. The highest BCUT2D eigenvalue weighted by Gasteiger charge is 2.36. The van der Waals surface area contributed by atoms with Crippen molar-refractivity contribution in [2.45, 2.75) is 6.92 Å². The molecule has 1 rings (SSSR count). The van der Waals surface area contributed by atoms with Gasteiger partial charge >= 0.3 is 12.0 Å². The van der Waals surface area contributed by atoms with E-state index in [2.05, 4.69) is 11.9 Å². The second-order valence-electron chi connectivity index (χ2n) is 4.00. The van der Waals surface area contributed by atoms with Gasteiger partial charge in [0.15, 0.2) is 0 Å². The van der Waals surface area contributed by atoms with Gasteiger partial charge in [-0.05, 0) is 5.92 Å². The van der Waals surface area contributed by atoms with Crippen molar-refractivity contribution in [2.24, 2.45) is 11.8 Å². The van der Waals surface area contributed by atoms with Gasteiger partial charge in [0.1, 0.15) is 0 Å². The number of likely N-dealkylation sites (tertiary alicyclic amines) is 1. The Hall–Kier alpha value is -1.23. The molecule has 6 heteroatoms. The molecule has 5 nitrogen and oxygen atoms in total. The normalized spacial score (nSPS) is 24.2. The molecule has 0 aliphatic carbocycles. The summed E-state index contributed by atoms with van der Waals surface area (Å²) in [5.41, 5.74) is 0. The SMILES string of the molecule is C=C(Cl)CNC(=O)N1CC(C)C(C(=O)O)C1. The Labute approximate surface area is 99.1 Å². The minimum absolute atomic E-state index is 0.0255. The van der Waals surface area contributed by atoms with Gasteiger partial charge in [0.25, 0.3) is 0 Å². The molecule has 0 aromatic heterocycles. The predicted octanol–water partition coefficient (Wildman–Crippen LogP) is 1.10. The standard InChI is InChI=1S/C10H15ClN2O3/c1-6-4-13(5-8(6)9(14)15)10(16)12-3-7(2)11/h6,8H,2-5H2,1H3,(H,12,16)(H,14,15). The van der Waals surface area contributed by atoms with Crippen LogP contribution in [0, 0.1) is 11.8 Å². The Balaban J connectivity index is 2.48. The highest BCUT2D eigenvalue weighted by Crippen LogP contribution is 2.22. The third kappa shape index (κ3) is 3.13. The molecule has 0 bridgehead atoms. The maximum Gasteiger partial charge on any atom is 0.317 e. The van der Waals surface area contributed by atoms with E-state index in [0.717, 1.165) is 0 Å². The quantitative estimate of drug-likeness (QED) is 0.784. The summed E-state index contributed by atoms with van der Waals surface area (Å²) < 4.78 is 0. The first-order valence-corrected chi connectivity index (χ1v) is 5.38. The van der Waals surface area contributed by atoms with E-state index in [0.29, 0.717) is 11.6 Å². The average molecular weight is 247 g/mol. The van der Waals surface area contributed by atoms with Crippen molar-refractivity contribution in [1.82, 2.24) is 10.2 Å². The van der Waals surface area contributed by atoms with E-state index < -0.39 is 11.9 Å². The topological polar surface area (TPSA) is 69.6 Å². The average Bonchev–Trinajstić information content (AvgIpc) is 2.56. The third-order valence-electron chi connectivity index (χ3n) is 2.65. The second kappa shape index (κ2) is 5.21. The first kappa shape index (κ1) is 12.8. The van der Waals surface area contributed by atoms with Crippen LogP contribution in [0.3, 0.4) is 0 Å². The fourth-order valence-electron chi connectivity index (χ4n) is 1.74. The molecular formula is C10H15ClN2O3. The zero-order chi connectivity index (χ0) is 12.3. The van der Waals surface area contributed by atoms with Gasteiger partial charge in [-0.3, -0.25) is 4.79 Å². The van der Waals surface area contributed by atoms with E-state index in [4.69, 9.17) is 16.7 Å². The Morgan fingerprint density at radius 3 is 2.62 bits per heavy atom. The van der Waals surface area contributed by atoms with Crippen LogP contribution in [0.15, 0.2) is 11.6 Å². The van der Waals surface area contributed by atoms with Gasteiger partial charge in [0, 0.05) is 18.1 Å². The minimum atomic E-state index is -0.857. The van der Waals surface area contributed by atoms with Crippen molar-refractivity contribution >= 4 is 23.6 Å². The van der Waals surface area contributed by atoms with Crippen LogP contribution in [0.1, 0.15) is 6.92 Å². The van der Waals surface area contributed by atoms with Gasteiger partial charge in [0.05, 0.1) is 12.5 Å². The van der Waals surface area contributed by atoms with Crippen LogP contribution in [0.4, 0.5) is 4.79 Å². The number of hydrogen-bond donors (Lipinski definition) is 2. The van der Waals surface area contributed by atoms with Gasteiger partial charge in [0.2, 0.25) is 0 Å². The summed E-state index contributed by atoms with van der Waals surface area (Å²) in [4.78, 5) is 23.9. The van der Waals surface area contributed by atoms with Crippen molar-refractivity contribution in [2.75, 3.05) is 19.6 Å². The molecule has 0 saturated carbocycles. The van der Waals surface area contributed by atoms with Crippen molar-refractivity contribution in [1.29, 1.82) is 0 Å². The second-order valence-corrected chi connectivity index (χ2v) is 4.54. The van der Waals surface area contributed by atoms with E-state index in [-0.39, 0.29) is 25.0 Å². The Morgan fingerprint density at radius 1 is 1.56 bits per heavy atom. The number of amides is 2. The lowest BCUT2D eigenvalue weighted by Crippen LogP contribution is -2.39. The molecule has 2 atom stereocenters. The lowest BCUT2D eigenvalue weighted by Gasteiger charge is -2.16. The van der Waals surface area contributed by atoms with E-state index in [1.807, 2.05) is 6.92 Å². The molecule has 2 N–H and O–H groups in total. The van der Waals surface area contributed by atoms with Crippen LogP contribution < -0.4 is 5.32 Å². The molecule has 0 aromatic carbocycles. The number of nitrogens with zero attached hydrogens (tertiary/aromatic N) is 1. The van der Waals surface area contributed by atoms with E-state index in [9.17, 15) is 9.59 Å². The summed E-state index contributed by atoms with van der Waals surface area (Å²) in [6, 6.07) is -0.294. The molecule has 16 heavy (non-hydrogen) atoms. The molecule has 1 aliphatic heterocycles. The van der Waals surface area contributed by atoms with Crippen molar-refractivity contribution in [3.05, 3.63) is 11.6 Å². The van der Waals surface area contributed by atoms with Crippen LogP contribution in [-0.4, -0.2) is 41.6 Å². The summed E-state index contributed by atoms with van der Waals surface area (Å²) in [5.74, 6) is -1.36. The van der Waals surface area contributed by atoms with Crippen LogP contribution in [0.5, 0.6) is 0 Å². The predicted molar refractivity (Wildman–Crippen MR) is 60.3 cm³/mol. The number of urea groups is 1. The fourth-order valence-corrected chi connectivity index (χ4v) is 1.80. The van der Waals surface area contributed by atoms with Crippen molar-refractivity contribution < 1.29 is 14.7 Å². The van der Waals surface area contributed by atoms with Gasteiger partial charge in [-0.25, -0.2) is 4.79 Å². The summed E-state index contributed by atoms with van der Waals surface area (Å²) >= 11 is 5.51. The molecule has 1 saturated heterocycles. The Morgan fingerprint density at radius 2 is 2.19 bits per heavy atom. The lowest BCUT2D eigenvalue weighted by atomic mass is 9.99. The van der Waals surface area contributed by atoms with Gasteiger partial charge in [-0.1, -0.05) is 25.1 Å². The number of carboxylic acid groups (broad SMARTS) is 1. The molecule has 1 fully saturated rings. The summed E-state index contributed by atoms with van der Waals surface area (Å²) in [5, 5.41) is 11.8. The number of hydrogen-bond acceptors (Lipinski definition) is 2. The summed E-state index contributed by atoms with van der Waals surface area (Å²) in [6.07, 6.45) is 0. The third-order valence-corrected chi connectivity index (χ3v) is 2.78. The van der Waals surface area contributed by atoms with Crippen molar-refractivity contribution in [3.63, 3.8) is 0 Å². The largest absolute Gasteiger partial charge is 0.481 e. The smallest absolute Gasteiger partial charge is 0.317 e. The van der Waals surface area contributed by atoms with E-state index in [1.54, 1.807) is 0 Å². The van der Waals surface area contributed by atoms with Crippen LogP contribution in [0.2, 0.25) is 0 Å². The molecule has 2 unspecified atom stereocenters. The van der Waals surface area contributed by atoms with Gasteiger partial charge in [-0.2, -0.15) is 0 Å². The number of nitrogens with one attached hydrogen (secondary N) is 1. The Bertz CT molecular complexity index is 319. The molecule has 0 spiro atoms. The zero-order valence-corrected chi connectivity index (χ0v) is 9.83. The number of rotatable bonds is 3. The maximum atomic E-state index is 11.6. The lowest BCUT2D eigenvalue weighted by molar-refractivity contribution is -0.142. The molecule has 1 heterocycles. The van der Waals surface area contributed by atoms with Gasteiger partial charge < -0.3 is 15.3 Å². The van der Waals surface area contributed by atoms with E-state index in [1.165, 1.54) is 4.90 Å². The minimum Gasteiger partial charge on any atom is -0.481 e. The highest BCUT2D eigenvalue weighted by molar-refractivity contribution is 6.29. The summed E-state index contributed by atoms with van der Waals surface area (Å²) in [7, 11) is 0. The monoisotopic (exact) mass is 246 g/mol. The molecule has 0 aromatic rings. The van der Waals surface area contributed by atoms with Crippen LogP contribution in [-0.2, 0) is 4.79 Å². The number of carbonyl (C=O) groups excluding carboxylic acids is 1. The van der Waals surface area contributed by atoms with Crippen LogP contribution >= 0.6 is 11.6 Å². The Kier molecular flexibility index (Phi) is 4.18. The summed E-state index contributed by atoms with van der Waals surface area (Å²) in [6.45, 7) is 6.18. The van der Waals surface area contributed by atoms with E-state index >= 15 is 0 Å². The highest BCUT2D eigenvalue weighted by atomic mass is 35.5. The van der Waals surface area contributed by atoms with Crippen molar-refractivity contribution in [3.8, 4) is 0 Å². The first-order valence-electron chi connectivity index (χ1n) is 5.00. The first-order chi connectivity index (χ1) is 7.41. The molecular weight excluding hydrogens is 232 g/mol. The molecule has 0 radical (unpaired) electrons. The number of halogens is 1. The fraction of sp³-hybridized carbons (Fsp3) is 0.600. The maximum absolute atomic E-state index is 11.6. The number of carbonyl (C=O) groups is 2. The van der Waals surface area contributed by atoms with Gasteiger partial charge in [-0.15, -0.1) is 0 Å². The number of carboxylic acids is 1. The molecule has 90 valence electrons. The number of aliphatic carboxylic acids is 1. The van der Waals surface area contributed by atoms with Crippen LogP contribution in [0.25, 0.3) is 0 Å².